The number of ether oxygens (including phenoxy) is 1. The molecule has 2 aliphatic heterocycles. The Bertz CT molecular complexity index is 945. The van der Waals surface area contributed by atoms with E-state index in [-0.39, 0.29) is 18.1 Å². The van der Waals surface area contributed by atoms with Crippen molar-refractivity contribution in [2.24, 2.45) is 0 Å². The number of piperidine rings is 1. The highest BCUT2D eigenvalue weighted by Gasteiger charge is 2.49. The van der Waals surface area contributed by atoms with Crippen LogP contribution in [0.25, 0.3) is 11.3 Å². The summed E-state index contributed by atoms with van der Waals surface area (Å²) in [4.78, 5) is 29.9. The van der Waals surface area contributed by atoms with E-state index in [9.17, 15) is 19.8 Å². The van der Waals surface area contributed by atoms with Crippen molar-refractivity contribution in [2.45, 2.75) is 43.5 Å². The van der Waals surface area contributed by atoms with Gasteiger partial charge in [0.15, 0.2) is 0 Å². The predicted octanol–water partition coefficient (Wildman–Crippen LogP) is 1.55. The van der Waals surface area contributed by atoms with Crippen LogP contribution in [0, 0.1) is 0 Å². The van der Waals surface area contributed by atoms with Gasteiger partial charge in [0.05, 0.1) is 17.8 Å². The van der Waals surface area contributed by atoms with Crippen molar-refractivity contribution in [3.8, 4) is 11.3 Å². The second kappa shape index (κ2) is 7.40. The van der Waals surface area contributed by atoms with Crippen molar-refractivity contribution < 1.29 is 19.7 Å². The van der Waals surface area contributed by atoms with Gasteiger partial charge in [0, 0.05) is 25.2 Å². The summed E-state index contributed by atoms with van der Waals surface area (Å²) < 4.78 is 5.86. The van der Waals surface area contributed by atoms with E-state index in [2.05, 4.69) is 4.98 Å². The first-order valence-electron chi connectivity index (χ1n) is 9.92. The van der Waals surface area contributed by atoms with Gasteiger partial charge in [-0.3, -0.25) is 9.59 Å². The van der Waals surface area contributed by atoms with Gasteiger partial charge in [0.2, 0.25) is 0 Å². The molecular weight excluding hydrogens is 372 g/mol. The van der Waals surface area contributed by atoms with Crippen LogP contribution in [0.5, 0.6) is 0 Å². The molecular formula is C22H26N2O5. The van der Waals surface area contributed by atoms with Crippen LogP contribution in [0.15, 0.2) is 47.3 Å². The van der Waals surface area contributed by atoms with E-state index in [1.807, 2.05) is 30.3 Å². The van der Waals surface area contributed by atoms with Crippen molar-refractivity contribution in [3.63, 3.8) is 0 Å². The number of aliphatic hydroxyl groups is 2. The Morgan fingerprint density at radius 1 is 1.17 bits per heavy atom. The number of hydrogen-bond donors (Lipinski definition) is 3. The standard InChI is InChI=1S/C22H26N2O5/c1-21(28)14-22(29-13-18(21)25)9-11-24(12-10-22)20(27)16-7-8-17(23-19(16)26)15-5-3-2-4-6-15/h2-8,18,25,28H,9-14H2,1H3,(H,23,26)/t18-,21-/m0/s1. The summed E-state index contributed by atoms with van der Waals surface area (Å²) in [5, 5.41) is 20.3. The van der Waals surface area contributed by atoms with Crippen molar-refractivity contribution in [3.05, 3.63) is 58.4 Å². The summed E-state index contributed by atoms with van der Waals surface area (Å²) >= 11 is 0. The fraction of sp³-hybridized carbons (Fsp3) is 0.455. The Kier molecular flexibility index (Phi) is 5.06. The topological polar surface area (TPSA) is 103 Å². The molecule has 2 aliphatic rings. The van der Waals surface area contributed by atoms with Crippen LogP contribution < -0.4 is 5.56 Å². The van der Waals surface area contributed by atoms with Gasteiger partial charge in [0.25, 0.3) is 11.5 Å². The van der Waals surface area contributed by atoms with E-state index in [0.29, 0.717) is 38.0 Å². The number of carbonyl (C=O) groups excluding carboxylic acids is 1. The van der Waals surface area contributed by atoms with E-state index in [1.54, 1.807) is 24.0 Å². The lowest BCUT2D eigenvalue weighted by molar-refractivity contribution is -0.221. The highest BCUT2D eigenvalue weighted by molar-refractivity contribution is 5.94. The number of aliphatic hydroxyl groups excluding tert-OH is 1. The van der Waals surface area contributed by atoms with Crippen molar-refractivity contribution >= 4 is 5.91 Å². The van der Waals surface area contributed by atoms with Crippen molar-refractivity contribution in [2.75, 3.05) is 19.7 Å². The van der Waals surface area contributed by atoms with Gasteiger partial charge < -0.3 is 24.8 Å². The highest BCUT2D eigenvalue weighted by atomic mass is 16.5. The zero-order valence-electron chi connectivity index (χ0n) is 16.4. The van der Waals surface area contributed by atoms with E-state index < -0.39 is 22.9 Å². The van der Waals surface area contributed by atoms with Gasteiger partial charge in [-0.1, -0.05) is 30.3 Å². The highest BCUT2D eigenvalue weighted by Crippen LogP contribution is 2.39. The van der Waals surface area contributed by atoms with Gasteiger partial charge >= 0.3 is 0 Å². The maximum atomic E-state index is 12.9. The SMILES string of the molecule is C[C@]1(O)CC2(CCN(C(=O)c3ccc(-c4ccccc4)[nH]c3=O)CC2)OC[C@@H]1O. The summed E-state index contributed by atoms with van der Waals surface area (Å²) in [6.07, 6.45) is 0.535. The van der Waals surface area contributed by atoms with Gasteiger partial charge in [-0.2, -0.15) is 0 Å². The molecule has 3 heterocycles. The number of aromatic amines is 1. The molecule has 0 unspecified atom stereocenters. The first-order chi connectivity index (χ1) is 13.8. The first-order valence-corrected chi connectivity index (χ1v) is 9.92. The minimum Gasteiger partial charge on any atom is -0.388 e. The van der Waals surface area contributed by atoms with E-state index in [4.69, 9.17) is 4.74 Å². The maximum Gasteiger partial charge on any atom is 0.261 e. The number of pyridine rings is 1. The molecule has 7 heteroatoms. The summed E-state index contributed by atoms with van der Waals surface area (Å²) in [5.74, 6) is -0.302. The number of likely N-dealkylation sites (tertiary alicyclic amines) is 1. The lowest BCUT2D eigenvalue weighted by Crippen LogP contribution is -2.59. The average molecular weight is 398 g/mol. The molecule has 29 heavy (non-hydrogen) atoms. The third-order valence-corrected chi connectivity index (χ3v) is 6.13. The Balaban J connectivity index is 1.46. The number of carbonyl (C=O) groups is 1. The van der Waals surface area contributed by atoms with Crippen LogP contribution in [0.1, 0.15) is 36.5 Å². The quantitative estimate of drug-likeness (QED) is 0.712. The maximum absolute atomic E-state index is 12.9. The molecule has 2 saturated heterocycles. The number of aromatic nitrogens is 1. The molecule has 1 amide bonds. The molecule has 2 atom stereocenters. The number of hydrogen-bond acceptors (Lipinski definition) is 5. The summed E-state index contributed by atoms with van der Waals surface area (Å²) in [6, 6.07) is 12.8. The molecule has 2 aromatic rings. The third-order valence-electron chi connectivity index (χ3n) is 6.13. The van der Waals surface area contributed by atoms with Crippen LogP contribution in [-0.4, -0.2) is 63.0 Å². The first kappa shape index (κ1) is 19.8. The number of H-pyrrole nitrogens is 1. The predicted molar refractivity (Wildman–Crippen MR) is 108 cm³/mol. The smallest absolute Gasteiger partial charge is 0.261 e. The Morgan fingerprint density at radius 2 is 1.86 bits per heavy atom. The number of amides is 1. The Hall–Kier alpha value is -2.48. The molecule has 1 aromatic heterocycles. The molecule has 154 valence electrons. The van der Waals surface area contributed by atoms with Gasteiger partial charge in [-0.15, -0.1) is 0 Å². The molecule has 0 aliphatic carbocycles. The lowest BCUT2D eigenvalue weighted by atomic mass is 9.76. The van der Waals surface area contributed by atoms with E-state index >= 15 is 0 Å². The van der Waals surface area contributed by atoms with Crippen molar-refractivity contribution in [1.82, 2.24) is 9.88 Å². The molecule has 4 rings (SSSR count). The molecule has 1 aromatic carbocycles. The summed E-state index contributed by atoms with van der Waals surface area (Å²) in [6.45, 7) is 2.57. The summed E-state index contributed by atoms with van der Waals surface area (Å²) in [7, 11) is 0. The van der Waals surface area contributed by atoms with Crippen LogP contribution in [0.4, 0.5) is 0 Å². The number of nitrogens with one attached hydrogen (secondary N) is 1. The van der Waals surface area contributed by atoms with Crippen LogP contribution in [-0.2, 0) is 4.74 Å². The Labute approximate surface area is 168 Å². The zero-order chi connectivity index (χ0) is 20.6. The number of rotatable bonds is 2. The number of nitrogens with zero attached hydrogens (tertiary/aromatic N) is 1. The van der Waals surface area contributed by atoms with Gasteiger partial charge in [0.1, 0.15) is 11.7 Å². The monoisotopic (exact) mass is 398 g/mol. The minimum atomic E-state index is -1.20. The molecule has 7 nitrogen and oxygen atoms in total. The van der Waals surface area contributed by atoms with Gasteiger partial charge in [-0.05, 0) is 37.5 Å². The molecule has 1 spiro atoms. The Morgan fingerprint density at radius 3 is 2.48 bits per heavy atom. The van der Waals surface area contributed by atoms with Gasteiger partial charge in [-0.25, -0.2) is 0 Å². The fourth-order valence-electron chi connectivity index (χ4n) is 4.29. The second-order valence-corrected chi connectivity index (χ2v) is 8.32. The summed E-state index contributed by atoms with van der Waals surface area (Å²) in [5.41, 5.74) is -0.477. The average Bonchev–Trinajstić information content (AvgIpc) is 2.71. The molecule has 0 saturated carbocycles. The largest absolute Gasteiger partial charge is 0.388 e. The molecule has 0 radical (unpaired) electrons. The van der Waals surface area contributed by atoms with E-state index in [1.165, 1.54) is 0 Å². The van der Waals surface area contributed by atoms with Crippen molar-refractivity contribution in [1.29, 1.82) is 0 Å². The molecule has 0 bridgehead atoms. The minimum absolute atomic E-state index is 0.0849. The molecule has 2 fully saturated rings. The van der Waals surface area contributed by atoms with Crippen LogP contribution >= 0.6 is 0 Å². The van der Waals surface area contributed by atoms with Crippen LogP contribution in [0.2, 0.25) is 0 Å². The zero-order valence-corrected chi connectivity index (χ0v) is 16.4. The normalized spacial score (nSPS) is 26.4. The second-order valence-electron chi connectivity index (χ2n) is 8.32. The molecule has 3 N–H and O–H groups in total. The van der Waals surface area contributed by atoms with E-state index in [0.717, 1.165) is 5.56 Å². The third kappa shape index (κ3) is 3.85. The number of benzene rings is 1. The lowest BCUT2D eigenvalue weighted by Gasteiger charge is -2.49. The van der Waals surface area contributed by atoms with Crippen LogP contribution in [0.3, 0.4) is 0 Å². The fourth-order valence-corrected chi connectivity index (χ4v) is 4.29.